The number of carbonyl (C=O) groups excluding carboxylic acids is 4. The molecule has 1 unspecified atom stereocenters. The maximum Gasteiger partial charge on any atom is 0.272 e. The molecule has 1 atom stereocenters. The molecule has 0 spiro atoms. The Morgan fingerprint density at radius 3 is 2.60 bits per heavy atom. The van der Waals surface area contributed by atoms with Crippen LogP contribution in [0.3, 0.4) is 0 Å². The van der Waals surface area contributed by atoms with Gasteiger partial charge in [-0.1, -0.05) is 37.3 Å². The van der Waals surface area contributed by atoms with Crippen LogP contribution >= 0.6 is 23.1 Å². The molecule has 2 aromatic carbocycles. The average Bonchev–Trinajstić information content (AvgIpc) is 3.43. The Morgan fingerprint density at radius 1 is 1.09 bits per heavy atom. The van der Waals surface area contributed by atoms with E-state index in [4.69, 9.17) is 0 Å². The zero-order valence-corrected chi connectivity index (χ0v) is 27.4. The van der Waals surface area contributed by atoms with Crippen LogP contribution in [0.25, 0.3) is 6.08 Å². The molecule has 4 aromatic rings. The standard InChI is InChI=1S/C35H32N6O4S2/c1-3-30(34(45)40-35-28(19-36)27-14-16-41(22(2)42)21-31(27)47-35)46-26-13-7-12-25(18-26)38-33(44)29(17-23-9-8-15-37-20-23)39-32(43)24-10-5-4-6-11-24/h4-13,15,17-18,20,30H,3,14,16,21H2,1-2H3,(H,38,44)(H,39,43)(H,40,45)/b29-17-. The van der Waals surface area contributed by atoms with Gasteiger partial charge in [-0.2, -0.15) is 5.26 Å². The summed E-state index contributed by atoms with van der Waals surface area (Å²) in [5, 5.41) is 18.4. The Kier molecular flexibility index (Phi) is 10.8. The molecule has 0 bridgehead atoms. The Balaban J connectivity index is 1.29. The van der Waals surface area contributed by atoms with Crippen LogP contribution in [0.2, 0.25) is 0 Å². The number of nitriles is 1. The molecule has 0 fully saturated rings. The van der Waals surface area contributed by atoms with Gasteiger partial charge in [0.2, 0.25) is 11.8 Å². The Labute approximate surface area is 280 Å². The van der Waals surface area contributed by atoms with Crippen molar-refractivity contribution in [3.05, 3.63) is 112 Å². The number of thioether (sulfide) groups is 1. The fourth-order valence-electron chi connectivity index (χ4n) is 4.97. The van der Waals surface area contributed by atoms with E-state index in [9.17, 15) is 24.4 Å². The quantitative estimate of drug-likeness (QED) is 0.143. The fraction of sp³-hybridized carbons (Fsp3) is 0.200. The summed E-state index contributed by atoms with van der Waals surface area (Å²) in [6.45, 7) is 4.40. The molecule has 0 radical (unpaired) electrons. The zero-order valence-electron chi connectivity index (χ0n) is 25.8. The van der Waals surface area contributed by atoms with E-state index in [0.29, 0.717) is 53.3 Å². The van der Waals surface area contributed by atoms with E-state index in [2.05, 4.69) is 27.0 Å². The first-order valence-electron chi connectivity index (χ1n) is 14.9. The molecule has 3 heterocycles. The van der Waals surface area contributed by atoms with Crippen molar-refractivity contribution in [3.8, 4) is 6.07 Å². The third kappa shape index (κ3) is 8.32. The van der Waals surface area contributed by atoms with Crippen LogP contribution in [0.1, 0.15) is 52.2 Å². The Bertz CT molecular complexity index is 1870. The molecular formula is C35H32N6O4S2. The number of pyridine rings is 1. The van der Waals surface area contributed by atoms with Crippen LogP contribution in [0.5, 0.6) is 0 Å². The number of thiophene rings is 1. The highest BCUT2D eigenvalue weighted by molar-refractivity contribution is 8.00. The minimum atomic E-state index is -0.529. The lowest BCUT2D eigenvalue weighted by Crippen LogP contribution is -2.33. The normalized spacial score (nSPS) is 13.1. The number of hydrogen-bond acceptors (Lipinski definition) is 8. The molecule has 1 aliphatic rings. The van der Waals surface area contributed by atoms with E-state index in [-0.39, 0.29) is 17.5 Å². The second kappa shape index (κ2) is 15.4. The summed E-state index contributed by atoms with van der Waals surface area (Å²) >= 11 is 2.68. The highest BCUT2D eigenvalue weighted by Crippen LogP contribution is 2.37. The zero-order chi connectivity index (χ0) is 33.3. The molecule has 5 rings (SSSR count). The first kappa shape index (κ1) is 33.1. The van der Waals surface area contributed by atoms with Crippen molar-refractivity contribution in [3.63, 3.8) is 0 Å². The number of benzene rings is 2. The summed E-state index contributed by atoms with van der Waals surface area (Å²) in [4.78, 5) is 59.2. The highest BCUT2D eigenvalue weighted by Gasteiger charge is 2.28. The van der Waals surface area contributed by atoms with Crippen molar-refractivity contribution in [2.45, 2.75) is 43.4 Å². The number of fused-ring (bicyclic) bond motifs is 1. The van der Waals surface area contributed by atoms with Gasteiger partial charge in [0.05, 0.1) is 17.4 Å². The molecule has 3 N–H and O–H groups in total. The van der Waals surface area contributed by atoms with Gasteiger partial charge in [-0.25, -0.2) is 0 Å². The van der Waals surface area contributed by atoms with E-state index < -0.39 is 17.1 Å². The molecule has 4 amide bonds. The molecular weight excluding hydrogens is 633 g/mol. The minimum Gasteiger partial charge on any atom is -0.337 e. The van der Waals surface area contributed by atoms with Gasteiger partial charge in [0.15, 0.2) is 0 Å². The highest BCUT2D eigenvalue weighted by atomic mass is 32.2. The van der Waals surface area contributed by atoms with E-state index in [1.807, 2.05) is 13.0 Å². The van der Waals surface area contributed by atoms with Gasteiger partial charge in [-0.05, 0) is 66.4 Å². The van der Waals surface area contributed by atoms with Crippen molar-refractivity contribution in [1.82, 2.24) is 15.2 Å². The molecule has 238 valence electrons. The Morgan fingerprint density at radius 2 is 1.89 bits per heavy atom. The van der Waals surface area contributed by atoms with Crippen LogP contribution in [0, 0.1) is 11.3 Å². The molecule has 1 aliphatic heterocycles. The van der Waals surface area contributed by atoms with Crippen LogP contribution in [-0.4, -0.2) is 45.3 Å². The molecule has 47 heavy (non-hydrogen) atoms. The maximum atomic E-state index is 13.5. The molecule has 2 aromatic heterocycles. The number of nitrogens with zero attached hydrogens (tertiary/aromatic N) is 3. The van der Waals surface area contributed by atoms with Crippen molar-refractivity contribution < 1.29 is 19.2 Å². The van der Waals surface area contributed by atoms with Crippen molar-refractivity contribution >= 4 is 63.5 Å². The van der Waals surface area contributed by atoms with Crippen molar-refractivity contribution in [1.29, 1.82) is 5.26 Å². The summed E-state index contributed by atoms with van der Waals surface area (Å²) in [6.07, 6.45) is 5.84. The van der Waals surface area contributed by atoms with Gasteiger partial charge < -0.3 is 20.9 Å². The predicted molar refractivity (Wildman–Crippen MR) is 184 cm³/mol. The number of anilines is 2. The van der Waals surface area contributed by atoms with E-state index >= 15 is 0 Å². The van der Waals surface area contributed by atoms with Crippen molar-refractivity contribution in [2.75, 3.05) is 17.2 Å². The lowest BCUT2D eigenvalue weighted by Gasteiger charge is -2.25. The van der Waals surface area contributed by atoms with Gasteiger partial charge >= 0.3 is 0 Å². The summed E-state index contributed by atoms with van der Waals surface area (Å²) in [5.74, 6) is -1.22. The van der Waals surface area contributed by atoms with Gasteiger partial charge in [0.25, 0.3) is 11.8 Å². The van der Waals surface area contributed by atoms with E-state index in [1.54, 1.807) is 84.0 Å². The second-order valence-corrected chi connectivity index (χ2v) is 13.0. The smallest absolute Gasteiger partial charge is 0.272 e. The molecule has 0 saturated carbocycles. The molecule has 10 nitrogen and oxygen atoms in total. The van der Waals surface area contributed by atoms with Crippen LogP contribution < -0.4 is 16.0 Å². The maximum absolute atomic E-state index is 13.5. The number of nitrogens with one attached hydrogen (secondary N) is 3. The van der Waals surface area contributed by atoms with Gasteiger partial charge in [0, 0.05) is 46.9 Å². The third-order valence-corrected chi connectivity index (χ3v) is 9.90. The molecule has 12 heteroatoms. The van der Waals surface area contributed by atoms with Crippen LogP contribution in [0.15, 0.2) is 89.7 Å². The summed E-state index contributed by atoms with van der Waals surface area (Å²) in [6, 6.07) is 21.5. The average molecular weight is 665 g/mol. The number of hydrogen-bond donors (Lipinski definition) is 3. The third-order valence-electron chi connectivity index (χ3n) is 7.41. The fourth-order valence-corrected chi connectivity index (χ4v) is 7.20. The largest absolute Gasteiger partial charge is 0.337 e. The Hall–Kier alpha value is -5.25. The first-order valence-corrected chi connectivity index (χ1v) is 16.6. The molecule has 0 saturated heterocycles. The summed E-state index contributed by atoms with van der Waals surface area (Å²) in [5.41, 5.74) is 2.91. The van der Waals surface area contributed by atoms with Gasteiger partial charge in [0.1, 0.15) is 16.8 Å². The number of carbonyl (C=O) groups is 4. The molecule has 0 aliphatic carbocycles. The van der Waals surface area contributed by atoms with Gasteiger partial charge in [-0.15, -0.1) is 23.1 Å². The number of amides is 4. The predicted octanol–water partition coefficient (Wildman–Crippen LogP) is 5.84. The monoisotopic (exact) mass is 664 g/mol. The topological polar surface area (TPSA) is 144 Å². The number of rotatable bonds is 10. The summed E-state index contributed by atoms with van der Waals surface area (Å²) in [7, 11) is 0. The lowest BCUT2D eigenvalue weighted by atomic mass is 10.0. The second-order valence-electron chi connectivity index (χ2n) is 10.7. The SMILES string of the molecule is CCC(Sc1cccc(NC(=O)/C(=C/c2cccnc2)NC(=O)c2ccccc2)c1)C(=O)Nc1sc2c(c1C#N)CCN(C(C)=O)C2. The van der Waals surface area contributed by atoms with Gasteiger partial charge in [-0.3, -0.25) is 24.2 Å². The lowest BCUT2D eigenvalue weighted by molar-refractivity contribution is -0.129. The summed E-state index contributed by atoms with van der Waals surface area (Å²) < 4.78 is 0. The minimum absolute atomic E-state index is 0.0216. The van der Waals surface area contributed by atoms with Crippen LogP contribution in [-0.2, 0) is 27.3 Å². The van der Waals surface area contributed by atoms with E-state index in [1.165, 1.54) is 30.0 Å². The van der Waals surface area contributed by atoms with Crippen LogP contribution in [0.4, 0.5) is 10.7 Å². The number of aromatic nitrogens is 1. The van der Waals surface area contributed by atoms with E-state index in [0.717, 1.165) is 15.3 Å². The first-order chi connectivity index (χ1) is 22.7. The van der Waals surface area contributed by atoms with Crippen molar-refractivity contribution in [2.24, 2.45) is 0 Å².